The van der Waals surface area contributed by atoms with Crippen LogP contribution >= 0.6 is 0 Å². The lowest BCUT2D eigenvalue weighted by Crippen LogP contribution is -2.03. The molecule has 0 radical (unpaired) electrons. The van der Waals surface area contributed by atoms with Gasteiger partial charge in [-0.05, 0) is 24.3 Å². The Balaban J connectivity index is 1.87. The van der Waals surface area contributed by atoms with Crippen LogP contribution in [0.25, 0.3) is 16.6 Å². The summed E-state index contributed by atoms with van der Waals surface area (Å²) in [6.45, 7) is 0. The van der Waals surface area contributed by atoms with E-state index < -0.39 is 0 Å². The van der Waals surface area contributed by atoms with Crippen molar-refractivity contribution < 1.29 is 9.21 Å². The molecule has 4 rings (SSSR count). The van der Waals surface area contributed by atoms with E-state index in [0.29, 0.717) is 17.0 Å². The van der Waals surface area contributed by atoms with E-state index in [1.807, 2.05) is 48.7 Å². The first-order chi connectivity index (χ1) is 9.83. The fourth-order valence-corrected chi connectivity index (χ4v) is 2.32. The first kappa shape index (κ1) is 11.0. The summed E-state index contributed by atoms with van der Waals surface area (Å²) in [5.41, 5.74) is 1.95. The standard InChI is InChI=1S/C16H10N2O2/c19-16(12-10-17-15-7-3-4-8-18(12)15)14-9-11-5-1-2-6-13(11)20-14/h1-10H. The summed E-state index contributed by atoms with van der Waals surface area (Å²) in [7, 11) is 0. The highest BCUT2D eigenvalue weighted by Crippen LogP contribution is 2.21. The molecule has 3 aromatic heterocycles. The van der Waals surface area contributed by atoms with Gasteiger partial charge >= 0.3 is 0 Å². The zero-order valence-corrected chi connectivity index (χ0v) is 10.5. The van der Waals surface area contributed by atoms with Crippen molar-refractivity contribution in [2.45, 2.75) is 0 Å². The predicted molar refractivity (Wildman–Crippen MR) is 74.8 cm³/mol. The van der Waals surface area contributed by atoms with Gasteiger partial charge in [0.1, 0.15) is 16.9 Å². The molecular weight excluding hydrogens is 252 g/mol. The third kappa shape index (κ3) is 1.55. The Kier molecular flexibility index (Phi) is 2.23. The normalized spacial score (nSPS) is 11.2. The first-order valence-corrected chi connectivity index (χ1v) is 6.28. The van der Waals surface area contributed by atoms with Crippen LogP contribution < -0.4 is 0 Å². The summed E-state index contributed by atoms with van der Waals surface area (Å²) in [6, 6.07) is 14.9. The summed E-state index contributed by atoms with van der Waals surface area (Å²) in [6.07, 6.45) is 3.39. The van der Waals surface area contributed by atoms with Crippen molar-refractivity contribution in [1.82, 2.24) is 9.38 Å². The van der Waals surface area contributed by atoms with E-state index in [9.17, 15) is 4.79 Å². The second kappa shape index (κ2) is 4.06. The number of rotatable bonds is 2. The Labute approximate surface area is 114 Å². The molecule has 0 aliphatic rings. The molecule has 4 heteroatoms. The number of ketones is 1. The largest absolute Gasteiger partial charge is 0.453 e. The minimum atomic E-state index is -0.167. The molecule has 96 valence electrons. The van der Waals surface area contributed by atoms with Crippen LogP contribution in [0, 0.1) is 0 Å². The van der Waals surface area contributed by atoms with Gasteiger partial charge in [-0.2, -0.15) is 0 Å². The van der Waals surface area contributed by atoms with Crippen molar-refractivity contribution in [3.05, 3.63) is 72.4 Å². The van der Waals surface area contributed by atoms with Crippen LogP contribution in [-0.4, -0.2) is 15.2 Å². The Morgan fingerprint density at radius 2 is 1.95 bits per heavy atom. The molecule has 0 fully saturated rings. The quantitative estimate of drug-likeness (QED) is 0.521. The topological polar surface area (TPSA) is 47.5 Å². The zero-order valence-electron chi connectivity index (χ0n) is 10.5. The highest BCUT2D eigenvalue weighted by Gasteiger charge is 2.18. The van der Waals surface area contributed by atoms with Crippen molar-refractivity contribution in [2.75, 3.05) is 0 Å². The lowest BCUT2D eigenvalue weighted by molar-refractivity contribution is 0.101. The number of hydrogen-bond acceptors (Lipinski definition) is 3. The molecule has 0 atom stereocenters. The number of furan rings is 1. The number of hydrogen-bond donors (Lipinski definition) is 0. The van der Waals surface area contributed by atoms with Gasteiger partial charge in [0.15, 0.2) is 5.76 Å². The van der Waals surface area contributed by atoms with Crippen LogP contribution in [0.1, 0.15) is 16.2 Å². The monoisotopic (exact) mass is 262 g/mol. The summed E-state index contributed by atoms with van der Waals surface area (Å²) in [5, 5.41) is 0.921. The van der Waals surface area contributed by atoms with Crippen LogP contribution in [0.5, 0.6) is 0 Å². The van der Waals surface area contributed by atoms with Gasteiger partial charge in [-0.3, -0.25) is 9.20 Å². The van der Waals surface area contributed by atoms with Crippen LogP contribution in [0.2, 0.25) is 0 Å². The smallest absolute Gasteiger partial charge is 0.246 e. The highest BCUT2D eigenvalue weighted by molar-refractivity contribution is 6.08. The minimum absolute atomic E-state index is 0.167. The molecule has 0 N–H and O–H groups in total. The van der Waals surface area contributed by atoms with E-state index in [2.05, 4.69) is 4.98 Å². The first-order valence-electron chi connectivity index (χ1n) is 6.28. The molecule has 1 aromatic carbocycles. The lowest BCUT2D eigenvalue weighted by Gasteiger charge is -1.97. The maximum Gasteiger partial charge on any atom is 0.246 e. The molecule has 0 saturated carbocycles. The van der Waals surface area contributed by atoms with Gasteiger partial charge < -0.3 is 4.42 Å². The minimum Gasteiger partial charge on any atom is -0.453 e. The molecule has 20 heavy (non-hydrogen) atoms. The Morgan fingerprint density at radius 3 is 2.85 bits per heavy atom. The highest BCUT2D eigenvalue weighted by atomic mass is 16.3. The molecular formula is C16H10N2O2. The van der Waals surface area contributed by atoms with Gasteiger partial charge in [-0.15, -0.1) is 0 Å². The number of imidazole rings is 1. The zero-order chi connectivity index (χ0) is 13.5. The van der Waals surface area contributed by atoms with E-state index in [0.717, 1.165) is 11.0 Å². The van der Waals surface area contributed by atoms with E-state index >= 15 is 0 Å². The number of para-hydroxylation sites is 1. The number of carbonyl (C=O) groups excluding carboxylic acids is 1. The number of fused-ring (bicyclic) bond motifs is 2. The van der Waals surface area contributed by atoms with E-state index in [-0.39, 0.29) is 5.78 Å². The lowest BCUT2D eigenvalue weighted by atomic mass is 10.2. The van der Waals surface area contributed by atoms with Crippen LogP contribution in [0.4, 0.5) is 0 Å². The predicted octanol–water partition coefficient (Wildman–Crippen LogP) is 3.31. The Morgan fingerprint density at radius 1 is 1.10 bits per heavy atom. The maximum absolute atomic E-state index is 12.5. The SMILES string of the molecule is O=C(c1cc2ccccc2o1)c1cnc2ccccn12. The Bertz CT molecular complexity index is 901. The van der Waals surface area contributed by atoms with Gasteiger partial charge in [-0.25, -0.2) is 4.98 Å². The van der Waals surface area contributed by atoms with Crippen molar-refractivity contribution in [3.63, 3.8) is 0 Å². The number of pyridine rings is 1. The summed E-state index contributed by atoms with van der Waals surface area (Å²) < 4.78 is 7.37. The van der Waals surface area contributed by atoms with Gasteiger partial charge in [0.25, 0.3) is 0 Å². The number of benzene rings is 1. The van der Waals surface area contributed by atoms with Crippen LogP contribution in [0.3, 0.4) is 0 Å². The van der Waals surface area contributed by atoms with Crippen LogP contribution in [-0.2, 0) is 0 Å². The average Bonchev–Trinajstić information content (AvgIpc) is 3.10. The van der Waals surface area contributed by atoms with E-state index in [4.69, 9.17) is 4.42 Å². The molecule has 4 nitrogen and oxygen atoms in total. The van der Waals surface area contributed by atoms with Crippen molar-refractivity contribution in [3.8, 4) is 0 Å². The van der Waals surface area contributed by atoms with E-state index in [1.54, 1.807) is 16.7 Å². The second-order valence-corrected chi connectivity index (χ2v) is 4.55. The molecule has 3 heterocycles. The van der Waals surface area contributed by atoms with Gasteiger partial charge in [0.05, 0.1) is 6.20 Å². The van der Waals surface area contributed by atoms with Gasteiger partial charge in [0, 0.05) is 11.6 Å². The maximum atomic E-state index is 12.5. The molecule has 0 unspecified atom stereocenters. The van der Waals surface area contributed by atoms with Crippen molar-refractivity contribution >= 4 is 22.4 Å². The molecule has 0 amide bonds. The fraction of sp³-hybridized carbons (Fsp3) is 0. The third-order valence-electron chi connectivity index (χ3n) is 3.30. The Hall–Kier alpha value is -2.88. The molecule has 0 aliphatic heterocycles. The number of nitrogens with zero attached hydrogens (tertiary/aromatic N) is 2. The number of aromatic nitrogens is 2. The molecule has 4 aromatic rings. The second-order valence-electron chi connectivity index (χ2n) is 4.55. The summed E-state index contributed by atoms with van der Waals surface area (Å²) in [4.78, 5) is 16.8. The van der Waals surface area contributed by atoms with Gasteiger partial charge in [0.2, 0.25) is 5.78 Å². The van der Waals surface area contributed by atoms with Crippen molar-refractivity contribution in [2.24, 2.45) is 0 Å². The average molecular weight is 262 g/mol. The van der Waals surface area contributed by atoms with Gasteiger partial charge in [-0.1, -0.05) is 24.3 Å². The molecule has 0 aliphatic carbocycles. The molecule has 0 bridgehead atoms. The van der Waals surface area contributed by atoms with Crippen molar-refractivity contribution in [1.29, 1.82) is 0 Å². The van der Waals surface area contributed by atoms with E-state index in [1.165, 1.54) is 0 Å². The molecule has 0 spiro atoms. The van der Waals surface area contributed by atoms with Crippen LogP contribution in [0.15, 0.2) is 65.3 Å². The third-order valence-corrected chi connectivity index (χ3v) is 3.30. The summed E-state index contributed by atoms with van der Waals surface area (Å²) in [5.74, 6) is 0.164. The summed E-state index contributed by atoms with van der Waals surface area (Å²) >= 11 is 0. The molecule has 0 saturated heterocycles. The number of carbonyl (C=O) groups is 1. The fourth-order valence-electron chi connectivity index (χ4n) is 2.32.